The van der Waals surface area contributed by atoms with E-state index < -0.39 is 0 Å². The molecule has 0 fully saturated rings. The number of halogens is 1. The zero-order valence-electron chi connectivity index (χ0n) is 11.8. The SMILES string of the molecule is Cc1ccc(Cl)cc1NC(=O)CSc1nc2ccccc2o1. The van der Waals surface area contributed by atoms with Gasteiger partial charge in [-0.25, -0.2) is 4.98 Å². The molecule has 22 heavy (non-hydrogen) atoms. The van der Waals surface area contributed by atoms with E-state index in [2.05, 4.69) is 10.3 Å². The Morgan fingerprint density at radius 1 is 1.32 bits per heavy atom. The average molecular weight is 333 g/mol. The number of oxazole rings is 1. The predicted molar refractivity (Wildman–Crippen MR) is 89.6 cm³/mol. The van der Waals surface area contributed by atoms with E-state index in [0.717, 1.165) is 22.4 Å². The van der Waals surface area contributed by atoms with Gasteiger partial charge >= 0.3 is 0 Å². The van der Waals surface area contributed by atoms with Crippen LogP contribution in [-0.2, 0) is 4.79 Å². The summed E-state index contributed by atoms with van der Waals surface area (Å²) in [7, 11) is 0. The van der Waals surface area contributed by atoms with Gasteiger partial charge in [0.2, 0.25) is 5.91 Å². The van der Waals surface area contributed by atoms with Crippen LogP contribution in [0, 0.1) is 6.92 Å². The summed E-state index contributed by atoms with van der Waals surface area (Å²) in [5.41, 5.74) is 3.19. The Kier molecular flexibility index (Phi) is 4.36. The van der Waals surface area contributed by atoms with E-state index in [1.165, 1.54) is 11.8 Å². The lowest BCUT2D eigenvalue weighted by Gasteiger charge is -2.07. The number of carbonyl (C=O) groups excluding carboxylic acids is 1. The third-order valence-corrected chi connectivity index (χ3v) is 4.14. The fraction of sp³-hybridized carbons (Fsp3) is 0.125. The molecule has 3 rings (SSSR count). The second kappa shape index (κ2) is 6.42. The van der Waals surface area contributed by atoms with Crippen LogP contribution in [0.3, 0.4) is 0 Å². The van der Waals surface area contributed by atoms with E-state index >= 15 is 0 Å². The van der Waals surface area contributed by atoms with Crippen LogP contribution in [0.1, 0.15) is 5.56 Å². The highest BCUT2D eigenvalue weighted by Crippen LogP contribution is 2.24. The summed E-state index contributed by atoms with van der Waals surface area (Å²) in [5, 5.41) is 3.92. The van der Waals surface area contributed by atoms with Gasteiger partial charge in [0.05, 0.1) is 5.75 Å². The predicted octanol–water partition coefficient (Wildman–Crippen LogP) is 4.52. The van der Waals surface area contributed by atoms with Gasteiger partial charge in [-0.05, 0) is 36.8 Å². The highest BCUT2D eigenvalue weighted by atomic mass is 35.5. The maximum absolute atomic E-state index is 12.0. The van der Waals surface area contributed by atoms with Crippen LogP contribution < -0.4 is 5.32 Å². The second-order valence-electron chi connectivity index (χ2n) is 4.74. The van der Waals surface area contributed by atoms with Crippen molar-refractivity contribution in [3.63, 3.8) is 0 Å². The lowest BCUT2D eigenvalue weighted by molar-refractivity contribution is -0.113. The molecule has 6 heteroatoms. The molecule has 112 valence electrons. The molecule has 0 spiro atoms. The molecular weight excluding hydrogens is 320 g/mol. The standard InChI is InChI=1S/C16H13ClN2O2S/c1-10-6-7-11(17)8-13(10)18-15(20)9-22-16-19-12-4-2-3-5-14(12)21-16/h2-8H,9H2,1H3,(H,18,20). The maximum Gasteiger partial charge on any atom is 0.257 e. The second-order valence-corrected chi connectivity index (χ2v) is 6.11. The van der Waals surface area contributed by atoms with Crippen molar-refractivity contribution in [2.45, 2.75) is 12.1 Å². The van der Waals surface area contributed by atoms with Crippen molar-refractivity contribution in [2.24, 2.45) is 0 Å². The average Bonchev–Trinajstić information content (AvgIpc) is 2.92. The van der Waals surface area contributed by atoms with Gasteiger partial charge in [-0.3, -0.25) is 4.79 Å². The molecule has 0 aliphatic rings. The van der Waals surface area contributed by atoms with Crippen LogP contribution in [0.4, 0.5) is 5.69 Å². The molecule has 0 saturated heterocycles. The van der Waals surface area contributed by atoms with Gasteiger partial charge in [0.25, 0.3) is 5.22 Å². The van der Waals surface area contributed by atoms with Crippen molar-refractivity contribution in [2.75, 3.05) is 11.1 Å². The Morgan fingerprint density at radius 3 is 2.95 bits per heavy atom. The summed E-state index contributed by atoms with van der Waals surface area (Å²) in [6.45, 7) is 1.92. The summed E-state index contributed by atoms with van der Waals surface area (Å²) in [6, 6.07) is 12.9. The van der Waals surface area contributed by atoms with Gasteiger partial charge in [0.15, 0.2) is 5.58 Å². The molecule has 0 saturated carbocycles. The summed E-state index contributed by atoms with van der Waals surface area (Å²) in [4.78, 5) is 16.3. The van der Waals surface area contributed by atoms with Crippen molar-refractivity contribution in [1.29, 1.82) is 0 Å². The van der Waals surface area contributed by atoms with Gasteiger partial charge in [0.1, 0.15) is 5.52 Å². The third kappa shape index (κ3) is 3.43. The zero-order valence-corrected chi connectivity index (χ0v) is 13.4. The molecule has 1 heterocycles. The van der Waals surface area contributed by atoms with E-state index in [1.807, 2.05) is 37.3 Å². The van der Waals surface area contributed by atoms with E-state index in [4.69, 9.17) is 16.0 Å². The first-order valence-corrected chi connectivity index (χ1v) is 8.02. The van der Waals surface area contributed by atoms with Crippen LogP contribution in [0.2, 0.25) is 5.02 Å². The number of hydrogen-bond acceptors (Lipinski definition) is 4. The van der Waals surface area contributed by atoms with Crippen LogP contribution in [-0.4, -0.2) is 16.6 Å². The Labute approximate surface area is 136 Å². The molecule has 1 N–H and O–H groups in total. The summed E-state index contributed by atoms with van der Waals surface area (Å²) >= 11 is 7.20. The third-order valence-electron chi connectivity index (χ3n) is 3.07. The Morgan fingerprint density at radius 2 is 2.14 bits per heavy atom. The number of thioether (sulfide) groups is 1. The summed E-state index contributed by atoms with van der Waals surface area (Å²) in [5.74, 6) is 0.0938. The number of nitrogens with one attached hydrogen (secondary N) is 1. The number of para-hydroxylation sites is 2. The first-order valence-electron chi connectivity index (χ1n) is 6.66. The van der Waals surface area contributed by atoms with E-state index in [1.54, 1.807) is 12.1 Å². The highest BCUT2D eigenvalue weighted by Gasteiger charge is 2.10. The van der Waals surface area contributed by atoms with Gasteiger partial charge in [-0.15, -0.1) is 0 Å². The van der Waals surface area contributed by atoms with Crippen molar-refractivity contribution < 1.29 is 9.21 Å². The van der Waals surface area contributed by atoms with E-state index in [9.17, 15) is 4.79 Å². The molecule has 4 nitrogen and oxygen atoms in total. The Hall–Kier alpha value is -1.98. The van der Waals surface area contributed by atoms with Crippen LogP contribution in [0.15, 0.2) is 52.1 Å². The van der Waals surface area contributed by atoms with E-state index in [0.29, 0.717) is 10.2 Å². The van der Waals surface area contributed by atoms with Crippen molar-refractivity contribution in [3.05, 3.63) is 53.1 Å². The number of anilines is 1. The first kappa shape index (κ1) is 14.9. The number of amides is 1. The molecule has 0 aliphatic heterocycles. The minimum absolute atomic E-state index is 0.127. The molecule has 0 bridgehead atoms. The molecule has 0 radical (unpaired) electrons. The molecule has 2 aromatic carbocycles. The zero-order chi connectivity index (χ0) is 15.5. The lowest BCUT2D eigenvalue weighted by Crippen LogP contribution is -2.14. The van der Waals surface area contributed by atoms with Crippen molar-refractivity contribution >= 4 is 46.1 Å². The molecule has 1 amide bonds. The Bertz CT molecular complexity index is 799. The smallest absolute Gasteiger partial charge is 0.257 e. The van der Waals surface area contributed by atoms with Crippen molar-refractivity contribution in [1.82, 2.24) is 4.98 Å². The van der Waals surface area contributed by atoms with Gasteiger partial charge in [-0.2, -0.15) is 0 Å². The Balaban J connectivity index is 1.63. The quantitative estimate of drug-likeness (QED) is 0.714. The fourth-order valence-corrected chi connectivity index (χ4v) is 2.77. The molecule has 0 aliphatic carbocycles. The number of aromatic nitrogens is 1. The number of hydrogen-bond donors (Lipinski definition) is 1. The normalized spacial score (nSPS) is 10.8. The summed E-state index contributed by atoms with van der Waals surface area (Å²) < 4.78 is 5.56. The minimum Gasteiger partial charge on any atom is -0.431 e. The topological polar surface area (TPSA) is 55.1 Å². The fourth-order valence-electron chi connectivity index (χ4n) is 1.96. The van der Waals surface area contributed by atoms with E-state index in [-0.39, 0.29) is 11.7 Å². The van der Waals surface area contributed by atoms with Crippen LogP contribution >= 0.6 is 23.4 Å². The number of rotatable bonds is 4. The number of aryl methyl sites for hydroxylation is 1. The molecule has 3 aromatic rings. The lowest BCUT2D eigenvalue weighted by atomic mass is 10.2. The monoisotopic (exact) mass is 332 g/mol. The molecule has 0 atom stereocenters. The van der Waals surface area contributed by atoms with Gasteiger partial charge in [-0.1, -0.05) is 41.6 Å². The largest absolute Gasteiger partial charge is 0.431 e. The number of fused-ring (bicyclic) bond motifs is 1. The maximum atomic E-state index is 12.0. The van der Waals surface area contributed by atoms with Crippen LogP contribution in [0.5, 0.6) is 0 Å². The molecule has 0 unspecified atom stereocenters. The molecule has 1 aromatic heterocycles. The number of benzene rings is 2. The number of carbonyl (C=O) groups is 1. The summed E-state index contributed by atoms with van der Waals surface area (Å²) in [6.07, 6.45) is 0. The van der Waals surface area contributed by atoms with Crippen LogP contribution in [0.25, 0.3) is 11.1 Å². The van der Waals surface area contributed by atoms with Gasteiger partial charge in [0, 0.05) is 10.7 Å². The highest BCUT2D eigenvalue weighted by molar-refractivity contribution is 7.99. The number of nitrogens with zero attached hydrogens (tertiary/aromatic N) is 1. The van der Waals surface area contributed by atoms with Crippen molar-refractivity contribution in [3.8, 4) is 0 Å². The molecular formula is C16H13ClN2O2S. The first-order chi connectivity index (χ1) is 10.6. The van der Waals surface area contributed by atoms with Gasteiger partial charge < -0.3 is 9.73 Å². The minimum atomic E-state index is -0.127.